The Kier molecular flexibility index (Phi) is 18.7. The summed E-state index contributed by atoms with van der Waals surface area (Å²) in [6.07, 6.45) is 0.727. The lowest BCUT2D eigenvalue weighted by Gasteiger charge is -2.38. The van der Waals surface area contributed by atoms with Gasteiger partial charge in [-0.05, 0) is 85.9 Å². The van der Waals surface area contributed by atoms with E-state index in [4.69, 9.17) is 31.6 Å². The fourth-order valence-electron chi connectivity index (χ4n) is 3.64. The molecule has 0 rings (SSSR count). The van der Waals surface area contributed by atoms with E-state index in [1.54, 1.807) is 13.8 Å². The lowest BCUT2D eigenvalue weighted by molar-refractivity contribution is -0.0378. The largest absolute Gasteiger partial charge is 0.436 e. The quantitative estimate of drug-likeness (QED) is 0.139. The second-order valence-corrected chi connectivity index (χ2v) is 22.7. The maximum absolute atomic E-state index is 9.28. The van der Waals surface area contributed by atoms with E-state index in [0.717, 1.165) is 18.9 Å². The minimum Gasteiger partial charge on any atom is -0.436 e. The molecule has 0 aliphatic rings. The van der Waals surface area contributed by atoms with Gasteiger partial charge in [-0.3, -0.25) is 0 Å². The van der Waals surface area contributed by atoms with Crippen molar-refractivity contribution in [2.75, 3.05) is 46.2 Å². The van der Waals surface area contributed by atoms with Crippen LogP contribution in [0.5, 0.6) is 0 Å². The molecule has 0 heterocycles. The van der Waals surface area contributed by atoms with Gasteiger partial charge in [0.2, 0.25) is 0 Å². The van der Waals surface area contributed by atoms with Crippen LogP contribution in [0.4, 0.5) is 0 Å². The molecule has 0 aromatic carbocycles. The van der Waals surface area contributed by atoms with Gasteiger partial charge in [-0.2, -0.15) is 0 Å². The Morgan fingerprint density at radius 2 is 1.06 bits per heavy atom. The molecule has 0 saturated heterocycles. The van der Waals surface area contributed by atoms with E-state index in [1.165, 1.54) is 0 Å². The van der Waals surface area contributed by atoms with Crippen LogP contribution in [-0.2, 0) is 31.6 Å². The van der Waals surface area contributed by atoms with E-state index in [0.29, 0.717) is 46.2 Å². The molecule has 12 heteroatoms. The third-order valence-electron chi connectivity index (χ3n) is 4.91. The minimum absolute atomic E-state index is 0.0297. The Morgan fingerprint density at radius 1 is 0.583 bits per heavy atom. The monoisotopic (exact) mass is 572 g/mol. The van der Waals surface area contributed by atoms with Gasteiger partial charge in [-0.15, -0.1) is 0 Å². The fourth-order valence-corrected chi connectivity index (χ4v) is 16.5. The Balaban J connectivity index is 4.15. The molecule has 2 N–H and O–H groups in total. The van der Waals surface area contributed by atoms with Crippen LogP contribution in [-0.4, -0.2) is 106 Å². The van der Waals surface area contributed by atoms with Crippen LogP contribution in [0.25, 0.3) is 0 Å². The Labute approximate surface area is 223 Å². The molecule has 0 spiro atoms. The number of hydrogen-bond acceptors (Lipinski definition) is 9. The first-order chi connectivity index (χ1) is 16.5. The molecule has 0 fully saturated rings. The second-order valence-electron chi connectivity index (χ2n) is 11.2. The summed E-state index contributed by atoms with van der Waals surface area (Å²) in [7, 11) is -6.58. The van der Waals surface area contributed by atoms with E-state index >= 15 is 0 Å². The molecular weight excluding hydrogens is 517 g/mol. The summed E-state index contributed by atoms with van der Waals surface area (Å²) >= 11 is 0. The third kappa shape index (κ3) is 22.3. The van der Waals surface area contributed by atoms with Crippen molar-refractivity contribution in [2.24, 2.45) is 0 Å². The zero-order valence-electron chi connectivity index (χ0n) is 24.6. The SMILES string of the molecule is CC(O)COC(C)COCCCO[Si](C)(C)O[Si](C)(C)O[Si](C)(C)CCCOCC(C)OCC(C)O. The standard InChI is InChI=1S/C24H56O9Si3/c1-21(25)17-29-23(3)19-27-13-11-15-31-35(7,8)33-36(9,10)32-34(5,6)16-12-14-28-20-24(4)30-18-22(2)26/h21-26H,11-20H2,1-10H3. The topological polar surface area (TPSA) is 105 Å². The Bertz CT molecular complexity index is 549. The summed E-state index contributed by atoms with van der Waals surface area (Å²) in [5.41, 5.74) is 0. The van der Waals surface area contributed by atoms with Crippen LogP contribution in [0.1, 0.15) is 40.5 Å². The van der Waals surface area contributed by atoms with Crippen LogP contribution >= 0.6 is 0 Å². The first-order valence-electron chi connectivity index (χ1n) is 13.3. The predicted molar refractivity (Wildman–Crippen MR) is 150 cm³/mol. The molecule has 218 valence electrons. The smallest absolute Gasteiger partial charge is 0.322 e. The molecule has 0 aliphatic carbocycles. The normalized spacial score (nSPS) is 16.7. The van der Waals surface area contributed by atoms with Crippen molar-refractivity contribution in [1.29, 1.82) is 0 Å². The molecule has 0 aromatic rings. The van der Waals surface area contributed by atoms with Crippen molar-refractivity contribution in [3.05, 3.63) is 0 Å². The first kappa shape index (κ1) is 36.3. The van der Waals surface area contributed by atoms with Gasteiger partial charge < -0.3 is 41.8 Å². The fraction of sp³-hybridized carbons (Fsp3) is 1.00. The summed E-state index contributed by atoms with van der Waals surface area (Å²) < 4.78 is 41.6. The van der Waals surface area contributed by atoms with Gasteiger partial charge in [0.05, 0.1) is 50.8 Å². The molecule has 4 atom stereocenters. The highest BCUT2D eigenvalue weighted by molar-refractivity contribution is 6.86. The van der Waals surface area contributed by atoms with E-state index in [1.807, 2.05) is 13.8 Å². The Hall–Kier alpha value is 0.291. The molecular formula is C24H56O9Si3. The molecule has 0 aliphatic heterocycles. The number of ether oxygens (including phenoxy) is 4. The van der Waals surface area contributed by atoms with E-state index in [9.17, 15) is 10.2 Å². The van der Waals surface area contributed by atoms with Gasteiger partial charge in [0.1, 0.15) is 0 Å². The number of aliphatic hydroxyl groups excluding tert-OH is 2. The summed E-state index contributed by atoms with van der Waals surface area (Å²) in [4.78, 5) is 0. The average Bonchev–Trinajstić information content (AvgIpc) is 2.71. The molecule has 0 amide bonds. The van der Waals surface area contributed by atoms with E-state index in [2.05, 4.69) is 39.3 Å². The van der Waals surface area contributed by atoms with Crippen LogP contribution in [0.15, 0.2) is 0 Å². The van der Waals surface area contributed by atoms with E-state index in [-0.39, 0.29) is 12.2 Å². The van der Waals surface area contributed by atoms with Crippen LogP contribution in [0.3, 0.4) is 0 Å². The summed E-state index contributed by atoms with van der Waals surface area (Å²) in [5, 5.41) is 18.5. The van der Waals surface area contributed by atoms with Crippen molar-refractivity contribution < 1.29 is 41.8 Å². The third-order valence-corrected chi connectivity index (χ3v) is 15.5. The van der Waals surface area contributed by atoms with Gasteiger partial charge in [-0.1, -0.05) is 0 Å². The number of hydrogen-bond donors (Lipinski definition) is 2. The Morgan fingerprint density at radius 3 is 1.53 bits per heavy atom. The first-order valence-corrected chi connectivity index (χ1v) is 22.1. The highest BCUT2D eigenvalue weighted by atomic mass is 28.5. The molecule has 9 nitrogen and oxygen atoms in total. The van der Waals surface area contributed by atoms with Gasteiger partial charge in [0, 0.05) is 19.8 Å². The molecule has 0 radical (unpaired) electrons. The van der Waals surface area contributed by atoms with Gasteiger partial charge in [-0.25, -0.2) is 0 Å². The molecule has 0 aromatic heterocycles. The maximum Gasteiger partial charge on any atom is 0.322 e. The van der Waals surface area contributed by atoms with Crippen molar-refractivity contribution >= 4 is 25.4 Å². The zero-order chi connectivity index (χ0) is 27.8. The van der Waals surface area contributed by atoms with Crippen molar-refractivity contribution in [3.63, 3.8) is 0 Å². The van der Waals surface area contributed by atoms with Crippen LogP contribution < -0.4 is 0 Å². The molecule has 36 heavy (non-hydrogen) atoms. The summed E-state index contributed by atoms with van der Waals surface area (Å²) in [6, 6.07) is 0.995. The second kappa shape index (κ2) is 18.6. The lowest BCUT2D eigenvalue weighted by Crippen LogP contribution is -2.53. The van der Waals surface area contributed by atoms with Gasteiger partial charge in [0.25, 0.3) is 0 Å². The molecule has 4 unspecified atom stereocenters. The van der Waals surface area contributed by atoms with Crippen molar-refractivity contribution in [3.8, 4) is 0 Å². The van der Waals surface area contributed by atoms with Gasteiger partial charge >= 0.3 is 17.1 Å². The maximum atomic E-state index is 9.28. The highest BCUT2D eigenvalue weighted by Crippen LogP contribution is 2.24. The average molecular weight is 573 g/mol. The predicted octanol–water partition coefficient (Wildman–Crippen LogP) is 4.03. The van der Waals surface area contributed by atoms with E-state index < -0.39 is 37.6 Å². The number of aliphatic hydroxyl groups is 2. The minimum atomic E-state index is -2.35. The van der Waals surface area contributed by atoms with Crippen molar-refractivity contribution in [2.45, 2.75) is 110 Å². The zero-order valence-corrected chi connectivity index (χ0v) is 27.6. The van der Waals surface area contributed by atoms with Crippen molar-refractivity contribution in [1.82, 2.24) is 0 Å². The summed E-state index contributed by atoms with van der Waals surface area (Å²) in [5.74, 6) is 0. The molecule has 0 saturated carbocycles. The van der Waals surface area contributed by atoms with Crippen LogP contribution in [0, 0.1) is 0 Å². The highest BCUT2D eigenvalue weighted by Gasteiger charge is 2.40. The molecule has 0 bridgehead atoms. The lowest BCUT2D eigenvalue weighted by atomic mass is 10.4. The van der Waals surface area contributed by atoms with Crippen LogP contribution in [0.2, 0.25) is 45.3 Å². The summed E-state index contributed by atoms with van der Waals surface area (Å²) in [6.45, 7) is 23.6. The number of rotatable bonds is 23. The van der Waals surface area contributed by atoms with Gasteiger partial charge in [0.15, 0.2) is 8.32 Å².